The smallest absolute Gasteiger partial charge is 0.351 e. The van der Waals surface area contributed by atoms with Gasteiger partial charge < -0.3 is 9.88 Å². The van der Waals surface area contributed by atoms with Crippen LogP contribution >= 0.6 is 0 Å². The summed E-state index contributed by atoms with van der Waals surface area (Å²) in [6.07, 6.45) is 15.3. The molecule has 1 aromatic carbocycles. The predicted molar refractivity (Wildman–Crippen MR) is 253 cm³/mol. The number of alkyl halides is 3. The summed E-state index contributed by atoms with van der Waals surface area (Å²) in [5.41, 5.74) is 3.02. The van der Waals surface area contributed by atoms with Crippen LogP contribution in [0.25, 0.3) is 33.8 Å². The quantitative estimate of drug-likeness (QED) is 0.169. The van der Waals surface area contributed by atoms with Crippen LogP contribution in [0.1, 0.15) is 143 Å². The topological polar surface area (TPSA) is 172 Å². The molecule has 1 amide bonds. The van der Waals surface area contributed by atoms with Crippen LogP contribution in [0.4, 0.5) is 13.2 Å². The first-order valence-corrected chi connectivity index (χ1v) is 22.6. The molecule has 1 N–H and O–H groups in total. The minimum atomic E-state index is -4.54. The number of aromatic nitrogens is 9. The lowest BCUT2D eigenvalue weighted by atomic mass is 9.96. The van der Waals surface area contributed by atoms with Gasteiger partial charge in [0.05, 0.1) is 35.7 Å². The van der Waals surface area contributed by atoms with Gasteiger partial charge in [-0.25, -0.2) is 24.6 Å². The van der Waals surface area contributed by atoms with Crippen LogP contribution < -0.4 is 16.2 Å². The third-order valence-electron chi connectivity index (χ3n) is 11.1. The maximum atomic E-state index is 13.2. The van der Waals surface area contributed by atoms with Crippen molar-refractivity contribution in [3.8, 4) is 5.69 Å². The highest BCUT2D eigenvalue weighted by atomic mass is 19.4. The monoisotopic (exact) mass is 910 g/mol. The summed E-state index contributed by atoms with van der Waals surface area (Å²) in [6, 6.07) is 4.37. The number of carbonyl (C=O) groups is 2. The molecule has 1 fully saturated rings. The van der Waals surface area contributed by atoms with E-state index in [-0.39, 0.29) is 33.5 Å². The highest BCUT2D eigenvalue weighted by Crippen LogP contribution is 2.41. The number of hydrogen-bond donors (Lipinski definition) is 1. The van der Waals surface area contributed by atoms with E-state index in [0.717, 1.165) is 81.4 Å². The summed E-state index contributed by atoms with van der Waals surface area (Å²) in [5.74, 6) is -1.05. The summed E-state index contributed by atoms with van der Waals surface area (Å²) in [6.45, 7) is 22.6. The minimum absolute atomic E-state index is 0.0344. The molecule has 352 valence electrons. The zero-order valence-corrected chi connectivity index (χ0v) is 39.4. The van der Waals surface area contributed by atoms with E-state index < -0.39 is 40.0 Å². The number of carbonyl (C=O) groups excluding carboxylic acids is 2. The van der Waals surface area contributed by atoms with Gasteiger partial charge in [0.1, 0.15) is 34.7 Å². The number of amides is 1. The predicted octanol–water partition coefficient (Wildman–Crippen LogP) is 9.92. The Morgan fingerprint density at radius 2 is 1.48 bits per heavy atom. The van der Waals surface area contributed by atoms with Crippen molar-refractivity contribution in [2.45, 2.75) is 132 Å². The van der Waals surface area contributed by atoms with E-state index in [1.54, 1.807) is 10.9 Å². The van der Waals surface area contributed by atoms with Gasteiger partial charge in [0.2, 0.25) is 10.9 Å². The second-order valence-corrected chi connectivity index (χ2v) is 15.1. The van der Waals surface area contributed by atoms with Gasteiger partial charge in [-0.1, -0.05) is 79.5 Å². The van der Waals surface area contributed by atoms with Crippen LogP contribution in [-0.4, -0.2) is 62.3 Å². The fourth-order valence-corrected chi connectivity index (χ4v) is 8.10. The number of Topliss-reactive ketones (excluding diaryl/α,β-unsaturated/α-hetero) is 1. The summed E-state index contributed by atoms with van der Waals surface area (Å²) in [4.78, 5) is 66.1. The molecule has 0 saturated heterocycles. The molecular weight excluding hydrogens is 850 g/mol. The Labute approximate surface area is 383 Å². The van der Waals surface area contributed by atoms with Gasteiger partial charge in [-0.3, -0.25) is 23.9 Å². The molecule has 5 aromatic heterocycles. The zero-order valence-electron chi connectivity index (χ0n) is 39.4. The number of nitrogens with one attached hydrogen (secondary N) is 1. The van der Waals surface area contributed by atoms with Crippen molar-refractivity contribution in [3.05, 3.63) is 128 Å². The third kappa shape index (κ3) is 11.4. The number of benzene rings is 1. The average molecular weight is 911 g/mol. The molecule has 17 heteroatoms. The van der Waals surface area contributed by atoms with Gasteiger partial charge in [0.15, 0.2) is 17.2 Å². The van der Waals surface area contributed by atoms with E-state index in [1.807, 2.05) is 47.6 Å². The van der Waals surface area contributed by atoms with Gasteiger partial charge in [-0.05, 0) is 86.9 Å². The molecule has 14 nitrogen and oxygen atoms in total. The molecule has 66 heavy (non-hydrogen) atoms. The number of hydrogen-bond acceptors (Lipinski definition) is 10. The fourth-order valence-electron chi connectivity index (χ4n) is 8.10. The first kappa shape index (κ1) is 52.0. The summed E-state index contributed by atoms with van der Waals surface area (Å²) < 4.78 is 44.0. The summed E-state index contributed by atoms with van der Waals surface area (Å²) in [7, 11) is 0. The van der Waals surface area contributed by atoms with E-state index >= 15 is 0 Å². The van der Waals surface area contributed by atoms with Crippen LogP contribution in [0.15, 0.2) is 83.3 Å². The van der Waals surface area contributed by atoms with Gasteiger partial charge in [0.25, 0.3) is 5.91 Å². The molecule has 1 spiro atoms. The first-order valence-electron chi connectivity index (χ1n) is 22.6. The van der Waals surface area contributed by atoms with Crippen LogP contribution in [0.3, 0.4) is 0 Å². The fraction of sp³-hybridized carbons (Fsp3) is 0.429. The van der Waals surface area contributed by atoms with Crippen molar-refractivity contribution in [1.82, 2.24) is 49.4 Å². The Morgan fingerprint density at radius 1 is 0.848 bits per heavy atom. The lowest BCUT2D eigenvalue weighted by Gasteiger charge is -2.33. The lowest BCUT2D eigenvalue weighted by molar-refractivity contribution is -0.137. The molecular formula is C49H61F3N10O4. The Bertz CT molecular complexity index is 2800. The van der Waals surface area contributed by atoms with E-state index in [2.05, 4.69) is 72.7 Å². The summed E-state index contributed by atoms with van der Waals surface area (Å²) >= 11 is 0. The van der Waals surface area contributed by atoms with Crippen LogP contribution in [0.2, 0.25) is 0 Å². The molecule has 6 heterocycles. The summed E-state index contributed by atoms with van der Waals surface area (Å²) in [5, 5.41) is 11.4. The number of ketones is 1. The van der Waals surface area contributed by atoms with Crippen molar-refractivity contribution in [2.75, 3.05) is 6.54 Å². The van der Waals surface area contributed by atoms with E-state index in [1.165, 1.54) is 47.1 Å². The van der Waals surface area contributed by atoms with Crippen molar-refractivity contribution >= 4 is 39.8 Å². The molecule has 0 radical (unpaired) electrons. The third-order valence-corrected chi connectivity index (χ3v) is 11.1. The van der Waals surface area contributed by atoms with Gasteiger partial charge >= 0.3 is 6.18 Å². The Hall–Kier alpha value is -6.65. The van der Waals surface area contributed by atoms with Crippen LogP contribution in [0.5, 0.6) is 0 Å². The van der Waals surface area contributed by atoms with Crippen molar-refractivity contribution < 1.29 is 22.8 Å². The molecule has 2 aliphatic rings. The second kappa shape index (κ2) is 23.5. The van der Waals surface area contributed by atoms with Gasteiger partial charge in [-0.15, -0.1) is 0 Å². The molecule has 1 aliphatic heterocycles. The Balaban J connectivity index is 0.000000276. The number of rotatable bonds is 3. The van der Waals surface area contributed by atoms with E-state index in [9.17, 15) is 32.3 Å². The maximum absolute atomic E-state index is 13.2. The van der Waals surface area contributed by atoms with Crippen LogP contribution in [0, 0.1) is 13.8 Å². The number of allylic oxidation sites excluding steroid dienone is 2. The Morgan fingerprint density at radius 3 is 2.11 bits per heavy atom. The van der Waals surface area contributed by atoms with Crippen molar-refractivity contribution in [3.63, 3.8) is 0 Å². The SMILES string of the molecule is C=C/C1=C\c2c(C)cn(c2C)C2(CCCC2)Cn2nc(c(=O)c3ncncc32)C(=O)NCCCCC1.CC.CC.CC.CC(=O)c1nn(-c2cccc(C(F)(F)F)c2)c2cncnc2c1=O. The lowest BCUT2D eigenvalue weighted by Crippen LogP contribution is -2.39. The average Bonchev–Trinajstić information content (AvgIpc) is 3.92. The van der Waals surface area contributed by atoms with E-state index in [4.69, 9.17) is 0 Å². The molecule has 6 aromatic rings. The minimum Gasteiger partial charge on any atom is -0.351 e. The highest BCUT2D eigenvalue weighted by molar-refractivity contribution is 5.95. The van der Waals surface area contributed by atoms with Gasteiger partial charge in [0, 0.05) is 25.4 Å². The molecule has 0 atom stereocenters. The zero-order chi connectivity index (χ0) is 48.8. The normalized spacial score (nSPS) is 15.5. The number of fused-ring (bicyclic) bond motifs is 8. The van der Waals surface area contributed by atoms with Crippen molar-refractivity contribution in [2.24, 2.45) is 0 Å². The first-order chi connectivity index (χ1) is 31.7. The number of aryl methyl sites for hydroxylation is 1. The molecule has 4 bridgehead atoms. The van der Waals surface area contributed by atoms with Crippen LogP contribution in [-0.2, 0) is 18.3 Å². The second-order valence-electron chi connectivity index (χ2n) is 15.1. The van der Waals surface area contributed by atoms with Gasteiger partial charge in [-0.2, -0.15) is 23.4 Å². The highest BCUT2D eigenvalue weighted by Gasteiger charge is 2.39. The van der Waals surface area contributed by atoms with E-state index in [0.29, 0.717) is 18.6 Å². The molecule has 1 aliphatic carbocycles. The maximum Gasteiger partial charge on any atom is 0.416 e. The standard InChI is InChI=1S/C28H34N6O2.C15H9F3N4O2.3C2H6/c1-4-21-10-6-5-9-13-30-27(36)25-26(35)24-23(15-29-18-31-24)34(32-25)17-28(11-7-8-12-28)33-16-19(2)22(14-21)20(33)3;1-8(23)12-14(24)13-11(6-19-7-20-13)22(21-12)10-4-2-3-9(5-10)15(16,17)18;3*1-2/h4,14-16,18H,1,5-13,17H2,2-3H3,(H,30,36);2-7H,1H3;3*1-2H3/b21-14+;;;;. The molecule has 1 saturated carbocycles. The molecule has 0 unspecified atom stereocenters. The Kier molecular flexibility index (Phi) is 18.5. The number of halogens is 3. The van der Waals surface area contributed by atoms with Crippen molar-refractivity contribution in [1.29, 1.82) is 0 Å². The molecule has 8 rings (SSSR count). The largest absolute Gasteiger partial charge is 0.416 e. The number of nitrogens with zero attached hydrogens (tertiary/aromatic N) is 9.